The number of nitrogens with one attached hydrogen (secondary N) is 1. The number of esters is 1. The number of phenols is 2. The zero-order valence-electron chi connectivity index (χ0n) is 20.0. The molecule has 3 aliphatic rings. The highest BCUT2D eigenvalue weighted by Crippen LogP contribution is 2.58. The molecular formula is C27H24ClNO8. The van der Waals surface area contributed by atoms with Crippen LogP contribution in [0.15, 0.2) is 42.5 Å². The van der Waals surface area contributed by atoms with Gasteiger partial charge in [-0.1, -0.05) is 17.7 Å². The molecule has 10 heteroatoms. The minimum absolute atomic E-state index is 0.0567. The molecule has 2 heterocycles. The Labute approximate surface area is 217 Å². The van der Waals surface area contributed by atoms with E-state index in [9.17, 15) is 15.0 Å². The van der Waals surface area contributed by atoms with Crippen LogP contribution in [0.1, 0.15) is 28.7 Å². The fourth-order valence-corrected chi connectivity index (χ4v) is 6.02. The van der Waals surface area contributed by atoms with Crippen molar-refractivity contribution in [3.05, 3.63) is 64.2 Å². The molecule has 9 nitrogen and oxygen atoms in total. The molecule has 0 saturated carbocycles. The molecule has 1 fully saturated rings. The molecule has 0 amide bonds. The molecule has 1 aliphatic carbocycles. The Bertz CT molecular complexity index is 1410. The van der Waals surface area contributed by atoms with E-state index in [4.69, 9.17) is 35.3 Å². The lowest BCUT2D eigenvalue weighted by molar-refractivity contribution is -0.141. The predicted molar refractivity (Wildman–Crippen MR) is 133 cm³/mol. The second-order valence-corrected chi connectivity index (χ2v) is 9.55. The maximum Gasteiger partial charge on any atom is 0.310 e. The first-order chi connectivity index (χ1) is 17.9. The van der Waals surface area contributed by atoms with Crippen LogP contribution in [0.5, 0.6) is 34.5 Å². The molecule has 3 aromatic carbocycles. The molecule has 192 valence electrons. The lowest BCUT2D eigenvalue weighted by atomic mass is 9.65. The maximum absolute atomic E-state index is 13.3. The predicted octanol–water partition coefficient (Wildman–Crippen LogP) is 4.59. The van der Waals surface area contributed by atoms with E-state index in [1.54, 1.807) is 24.3 Å². The van der Waals surface area contributed by atoms with Gasteiger partial charge in [0.1, 0.15) is 5.75 Å². The van der Waals surface area contributed by atoms with Crippen LogP contribution in [0.4, 0.5) is 5.69 Å². The smallest absolute Gasteiger partial charge is 0.310 e. The summed E-state index contributed by atoms with van der Waals surface area (Å²) >= 11 is 6.79. The molecule has 0 aromatic heterocycles. The molecule has 0 unspecified atom stereocenters. The third-order valence-electron chi connectivity index (χ3n) is 7.30. The lowest BCUT2D eigenvalue weighted by Crippen LogP contribution is -2.37. The van der Waals surface area contributed by atoms with Gasteiger partial charge in [0.15, 0.2) is 23.0 Å². The monoisotopic (exact) mass is 525 g/mol. The van der Waals surface area contributed by atoms with Gasteiger partial charge >= 0.3 is 5.97 Å². The minimum atomic E-state index is -0.612. The number of fused-ring (bicyclic) bond motifs is 3. The number of ether oxygens (including phenoxy) is 5. The average Bonchev–Trinajstić information content (AvgIpc) is 3.50. The highest BCUT2D eigenvalue weighted by Gasteiger charge is 2.53. The summed E-state index contributed by atoms with van der Waals surface area (Å²) < 4.78 is 27.8. The summed E-state index contributed by atoms with van der Waals surface area (Å²) in [6.07, 6.45) is 0. The van der Waals surface area contributed by atoms with Crippen molar-refractivity contribution in [3.8, 4) is 34.5 Å². The van der Waals surface area contributed by atoms with Crippen molar-refractivity contribution in [1.82, 2.24) is 0 Å². The van der Waals surface area contributed by atoms with Crippen LogP contribution < -0.4 is 24.3 Å². The summed E-state index contributed by atoms with van der Waals surface area (Å²) in [6.45, 7) is 0.276. The molecule has 6 rings (SSSR count). The minimum Gasteiger partial charge on any atom is -0.508 e. The maximum atomic E-state index is 13.3. The van der Waals surface area contributed by atoms with E-state index in [2.05, 4.69) is 5.32 Å². The Hall–Kier alpha value is -3.98. The SMILES string of the molecule is COc1cc([C@@H]2c3cc4c(cc3[C@@H](Nc3cccc(O)c3)[C@H]3COC(=O)[C@H]23)OCO4)c(Cl)c(OC)c1O. The summed E-state index contributed by atoms with van der Waals surface area (Å²) in [5, 5.41) is 24.3. The number of aromatic hydroxyl groups is 2. The second-order valence-electron chi connectivity index (χ2n) is 9.17. The third kappa shape index (κ3) is 3.64. The van der Waals surface area contributed by atoms with Crippen LogP contribution in [-0.2, 0) is 9.53 Å². The molecule has 0 spiro atoms. The third-order valence-corrected chi connectivity index (χ3v) is 7.69. The van der Waals surface area contributed by atoms with E-state index in [1.807, 2.05) is 18.2 Å². The van der Waals surface area contributed by atoms with Gasteiger partial charge in [-0.05, 0) is 47.0 Å². The van der Waals surface area contributed by atoms with Gasteiger partial charge in [-0.3, -0.25) is 4.79 Å². The van der Waals surface area contributed by atoms with Crippen molar-refractivity contribution in [2.45, 2.75) is 12.0 Å². The summed E-state index contributed by atoms with van der Waals surface area (Å²) in [7, 11) is 2.83. The standard InChI is InChI=1S/C27H24ClNO8/c1-33-20-9-16(23(28)26(34-2)25(20)31)21-14-7-18-19(37-11-36-18)8-15(14)24(17-10-35-27(32)22(17)21)29-12-4-3-5-13(30)6-12/h3-9,17,21-22,24,29-31H,10-11H2,1-2H3/t17-,21-,22-,24+/m0/s1. The summed E-state index contributed by atoms with van der Waals surface area (Å²) in [5.74, 6) is -0.541. The zero-order chi connectivity index (χ0) is 25.8. The fourth-order valence-electron chi connectivity index (χ4n) is 5.69. The van der Waals surface area contributed by atoms with Gasteiger partial charge in [0, 0.05) is 23.6 Å². The molecule has 0 radical (unpaired) electrons. The topological polar surface area (TPSA) is 116 Å². The second kappa shape index (κ2) is 8.85. The first kappa shape index (κ1) is 23.4. The van der Waals surface area contributed by atoms with Crippen molar-refractivity contribution in [2.75, 3.05) is 32.9 Å². The van der Waals surface area contributed by atoms with Crippen molar-refractivity contribution >= 4 is 23.3 Å². The highest BCUT2D eigenvalue weighted by atomic mass is 35.5. The number of halogens is 1. The first-order valence-electron chi connectivity index (χ1n) is 11.7. The van der Waals surface area contributed by atoms with Gasteiger partial charge in [0.2, 0.25) is 12.5 Å². The van der Waals surface area contributed by atoms with Crippen LogP contribution in [0.2, 0.25) is 5.02 Å². The van der Waals surface area contributed by atoms with Gasteiger partial charge in [-0.2, -0.15) is 0 Å². The van der Waals surface area contributed by atoms with E-state index in [0.29, 0.717) is 22.7 Å². The van der Waals surface area contributed by atoms with Gasteiger partial charge in [0.05, 0.1) is 37.8 Å². The Morgan fingerprint density at radius 2 is 1.73 bits per heavy atom. The normalized spacial score (nSPS) is 23.2. The highest BCUT2D eigenvalue weighted by molar-refractivity contribution is 6.33. The number of anilines is 1. The molecule has 1 saturated heterocycles. The van der Waals surface area contributed by atoms with E-state index in [-0.39, 0.29) is 59.3 Å². The number of cyclic esters (lactones) is 1. The number of phenolic OH excluding ortho intramolecular Hbond substituents is 2. The Morgan fingerprint density at radius 3 is 2.43 bits per heavy atom. The number of benzene rings is 3. The summed E-state index contributed by atoms with van der Waals surface area (Å²) in [5.41, 5.74) is 2.91. The van der Waals surface area contributed by atoms with Crippen LogP contribution in [0.3, 0.4) is 0 Å². The molecular weight excluding hydrogens is 502 g/mol. The lowest BCUT2D eigenvalue weighted by Gasteiger charge is -2.40. The van der Waals surface area contributed by atoms with Crippen molar-refractivity contribution in [1.29, 1.82) is 0 Å². The van der Waals surface area contributed by atoms with Crippen LogP contribution in [-0.4, -0.2) is 43.8 Å². The van der Waals surface area contributed by atoms with Crippen molar-refractivity contribution in [3.63, 3.8) is 0 Å². The molecule has 4 atom stereocenters. The number of rotatable bonds is 5. The van der Waals surface area contributed by atoms with Crippen molar-refractivity contribution in [2.24, 2.45) is 11.8 Å². The van der Waals surface area contributed by atoms with E-state index >= 15 is 0 Å². The Balaban J connectivity index is 1.58. The van der Waals surface area contributed by atoms with Gasteiger partial charge in [-0.15, -0.1) is 0 Å². The van der Waals surface area contributed by atoms with E-state index in [0.717, 1.165) is 11.1 Å². The largest absolute Gasteiger partial charge is 0.508 e. The van der Waals surface area contributed by atoms with Crippen LogP contribution >= 0.6 is 11.6 Å². The number of hydrogen-bond donors (Lipinski definition) is 3. The summed E-state index contributed by atoms with van der Waals surface area (Å²) in [4.78, 5) is 13.3. The fraction of sp³-hybridized carbons (Fsp3) is 0.296. The van der Waals surface area contributed by atoms with Gasteiger partial charge in [0.25, 0.3) is 0 Å². The van der Waals surface area contributed by atoms with E-state index < -0.39 is 11.8 Å². The Morgan fingerprint density at radius 1 is 0.973 bits per heavy atom. The number of carbonyl (C=O) groups is 1. The van der Waals surface area contributed by atoms with Gasteiger partial charge in [-0.25, -0.2) is 0 Å². The molecule has 3 N–H and O–H groups in total. The van der Waals surface area contributed by atoms with Crippen LogP contribution in [0.25, 0.3) is 0 Å². The zero-order valence-corrected chi connectivity index (χ0v) is 20.7. The molecule has 2 aliphatic heterocycles. The van der Waals surface area contributed by atoms with Gasteiger partial charge < -0.3 is 39.2 Å². The Kier molecular flexibility index (Phi) is 5.60. The number of methoxy groups -OCH3 is 2. The van der Waals surface area contributed by atoms with E-state index in [1.165, 1.54) is 14.2 Å². The quantitative estimate of drug-likeness (QED) is 0.411. The van der Waals surface area contributed by atoms with Crippen LogP contribution in [0, 0.1) is 11.8 Å². The first-order valence-corrected chi connectivity index (χ1v) is 12.1. The number of carbonyl (C=O) groups excluding carboxylic acids is 1. The summed E-state index contributed by atoms with van der Waals surface area (Å²) in [6, 6.07) is 11.9. The average molecular weight is 526 g/mol. The molecule has 0 bridgehead atoms. The number of hydrogen-bond acceptors (Lipinski definition) is 9. The molecule has 37 heavy (non-hydrogen) atoms. The van der Waals surface area contributed by atoms with Crippen molar-refractivity contribution < 1.29 is 38.7 Å². The molecule has 3 aromatic rings.